The van der Waals surface area contributed by atoms with E-state index in [1.165, 1.54) is 120 Å². The van der Waals surface area contributed by atoms with Crippen molar-refractivity contribution in [2.45, 2.75) is 147 Å². The summed E-state index contributed by atoms with van der Waals surface area (Å²) in [7, 11) is -4.50. The van der Waals surface area contributed by atoms with Crippen molar-refractivity contribution in [1.82, 2.24) is 0 Å². The predicted molar refractivity (Wildman–Crippen MR) is 154 cm³/mol. The molecular weight excluding hydrogens is 487 g/mol. The summed E-state index contributed by atoms with van der Waals surface area (Å²) in [5, 5.41) is 1.55. The zero-order chi connectivity index (χ0) is 26.1. The summed E-state index contributed by atoms with van der Waals surface area (Å²) in [5.74, 6) is 0. The van der Waals surface area contributed by atoms with Crippen molar-refractivity contribution in [1.29, 1.82) is 0 Å². The molecular formula is C32H51NaO3S. The van der Waals surface area contributed by atoms with Crippen molar-refractivity contribution in [2.75, 3.05) is 0 Å². The van der Waals surface area contributed by atoms with Gasteiger partial charge in [-0.05, 0) is 59.7 Å². The van der Waals surface area contributed by atoms with Crippen LogP contribution < -0.4 is 29.6 Å². The van der Waals surface area contributed by atoms with Crippen LogP contribution in [0.5, 0.6) is 0 Å². The quantitative estimate of drug-likeness (QED) is 0.0987. The van der Waals surface area contributed by atoms with Crippen LogP contribution in [0.15, 0.2) is 35.2 Å². The summed E-state index contributed by atoms with van der Waals surface area (Å²) in [6.45, 7) is 4.51. The van der Waals surface area contributed by atoms with E-state index in [-0.39, 0.29) is 34.5 Å². The van der Waals surface area contributed by atoms with Gasteiger partial charge in [0.2, 0.25) is 0 Å². The molecule has 0 aliphatic carbocycles. The monoisotopic (exact) mass is 538 g/mol. The molecule has 0 heterocycles. The van der Waals surface area contributed by atoms with Gasteiger partial charge in [-0.1, -0.05) is 135 Å². The summed E-state index contributed by atoms with van der Waals surface area (Å²) in [5.41, 5.74) is 2.37. The third-order valence-electron chi connectivity index (χ3n) is 7.49. The molecule has 0 aliphatic rings. The first-order chi connectivity index (χ1) is 17.5. The van der Waals surface area contributed by atoms with E-state index in [1.807, 2.05) is 12.1 Å². The van der Waals surface area contributed by atoms with Gasteiger partial charge in [-0.25, -0.2) is 8.42 Å². The first-order valence-electron chi connectivity index (χ1n) is 15.0. The number of aryl methyl sites for hydroxylation is 2. The Hall–Kier alpha value is -0.390. The molecule has 2 aromatic rings. The van der Waals surface area contributed by atoms with Crippen LogP contribution in [0.2, 0.25) is 0 Å². The molecule has 0 fully saturated rings. The van der Waals surface area contributed by atoms with Crippen molar-refractivity contribution in [3.8, 4) is 0 Å². The second-order valence-corrected chi connectivity index (χ2v) is 12.1. The second kappa shape index (κ2) is 20.5. The molecule has 0 aromatic heterocycles. The number of benzene rings is 2. The molecule has 2 rings (SSSR count). The molecule has 3 nitrogen and oxygen atoms in total. The Morgan fingerprint density at radius 2 is 1.05 bits per heavy atom. The van der Waals surface area contributed by atoms with Gasteiger partial charge in [0.1, 0.15) is 10.1 Å². The Bertz CT molecular complexity index is 971. The summed E-state index contributed by atoms with van der Waals surface area (Å²) in [6.07, 6.45) is 25.1. The maximum Gasteiger partial charge on any atom is 1.00 e. The fourth-order valence-electron chi connectivity index (χ4n) is 5.34. The third kappa shape index (κ3) is 14.0. The standard InChI is InChI=1S/C32H52O3S.Na/c1-3-5-7-9-11-13-15-17-19-22-28-26-29(23-20-18-16-14-12-10-8-6-4-2)30-24-21-25-32(31(30)27-28)36(33,34)35;/h21,24-27H,3-20,22-23H2,1-2H3,(H,33,34,35);/q;+1/p-1. The van der Waals surface area contributed by atoms with Crippen LogP contribution in [0.1, 0.15) is 141 Å². The van der Waals surface area contributed by atoms with Crippen LogP contribution in [0.25, 0.3) is 10.8 Å². The zero-order valence-corrected chi connectivity index (χ0v) is 27.0. The fraction of sp³-hybridized carbons (Fsp3) is 0.688. The van der Waals surface area contributed by atoms with Crippen LogP contribution in [0.4, 0.5) is 0 Å². The van der Waals surface area contributed by atoms with Gasteiger partial charge in [-0.3, -0.25) is 0 Å². The van der Waals surface area contributed by atoms with E-state index in [2.05, 4.69) is 19.9 Å². The number of rotatable bonds is 21. The van der Waals surface area contributed by atoms with E-state index in [9.17, 15) is 13.0 Å². The first kappa shape index (κ1) is 34.6. The van der Waals surface area contributed by atoms with Crippen LogP contribution >= 0.6 is 0 Å². The average Bonchev–Trinajstić information content (AvgIpc) is 2.85. The molecule has 2 aromatic carbocycles. The van der Waals surface area contributed by atoms with Crippen LogP contribution in [0, 0.1) is 0 Å². The molecule has 37 heavy (non-hydrogen) atoms. The molecule has 204 valence electrons. The topological polar surface area (TPSA) is 57.2 Å². The van der Waals surface area contributed by atoms with Gasteiger partial charge in [-0.2, -0.15) is 0 Å². The number of hydrogen-bond donors (Lipinski definition) is 0. The minimum atomic E-state index is -4.50. The predicted octanol–water partition coefficient (Wildman–Crippen LogP) is 6.89. The molecule has 0 aliphatic heterocycles. The SMILES string of the molecule is CCCCCCCCCCCc1cc(CCCCCCCCCCC)c2cccc(S(=O)(=O)[O-])c2c1.[Na+]. The molecule has 0 bridgehead atoms. The Labute approximate surface area is 250 Å². The average molecular weight is 539 g/mol. The second-order valence-electron chi connectivity index (χ2n) is 10.7. The fourth-order valence-corrected chi connectivity index (χ4v) is 6.02. The first-order valence-corrected chi connectivity index (χ1v) is 16.4. The Morgan fingerprint density at radius 3 is 1.54 bits per heavy atom. The summed E-state index contributed by atoms with van der Waals surface area (Å²) in [6, 6.07) is 9.40. The van der Waals surface area contributed by atoms with Crippen LogP contribution in [0.3, 0.4) is 0 Å². The molecule has 0 saturated carbocycles. The van der Waals surface area contributed by atoms with Gasteiger partial charge in [0, 0.05) is 0 Å². The van der Waals surface area contributed by atoms with Gasteiger partial charge in [0.25, 0.3) is 0 Å². The number of hydrogen-bond acceptors (Lipinski definition) is 3. The van der Waals surface area contributed by atoms with Gasteiger partial charge < -0.3 is 4.55 Å². The third-order valence-corrected chi connectivity index (χ3v) is 8.38. The summed E-state index contributed by atoms with van der Waals surface area (Å²) in [4.78, 5) is -0.0674. The van der Waals surface area contributed by atoms with Crippen molar-refractivity contribution >= 4 is 20.9 Å². The van der Waals surface area contributed by atoms with Crippen molar-refractivity contribution in [3.63, 3.8) is 0 Å². The van der Waals surface area contributed by atoms with E-state index >= 15 is 0 Å². The molecule has 0 unspecified atom stereocenters. The van der Waals surface area contributed by atoms with Gasteiger partial charge in [0.05, 0.1) is 4.90 Å². The van der Waals surface area contributed by atoms with Crippen LogP contribution in [-0.2, 0) is 23.0 Å². The number of unbranched alkanes of at least 4 members (excludes halogenated alkanes) is 16. The molecule has 0 atom stereocenters. The van der Waals surface area contributed by atoms with E-state index in [1.54, 1.807) is 6.07 Å². The van der Waals surface area contributed by atoms with Gasteiger partial charge in [0.15, 0.2) is 0 Å². The van der Waals surface area contributed by atoms with E-state index in [4.69, 9.17) is 0 Å². The summed E-state index contributed by atoms with van der Waals surface area (Å²) >= 11 is 0. The minimum absolute atomic E-state index is 0. The van der Waals surface area contributed by atoms with Gasteiger partial charge in [-0.15, -0.1) is 0 Å². The molecule has 0 N–H and O–H groups in total. The van der Waals surface area contributed by atoms with E-state index in [0.717, 1.165) is 31.1 Å². The Balaban J connectivity index is 0.00000684. The number of fused-ring (bicyclic) bond motifs is 1. The summed E-state index contributed by atoms with van der Waals surface area (Å²) < 4.78 is 35.9. The maximum absolute atomic E-state index is 12.0. The van der Waals surface area contributed by atoms with E-state index in [0.29, 0.717) is 5.39 Å². The van der Waals surface area contributed by atoms with Crippen molar-refractivity contribution in [3.05, 3.63) is 41.5 Å². The Morgan fingerprint density at radius 1 is 0.595 bits per heavy atom. The molecule has 0 amide bonds. The largest absolute Gasteiger partial charge is 1.00 e. The van der Waals surface area contributed by atoms with E-state index < -0.39 is 10.1 Å². The molecule has 0 radical (unpaired) electrons. The normalized spacial score (nSPS) is 11.6. The maximum atomic E-state index is 12.0. The van der Waals surface area contributed by atoms with Crippen LogP contribution in [-0.4, -0.2) is 13.0 Å². The minimum Gasteiger partial charge on any atom is -0.744 e. The molecule has 5 heteroatoms. The molecule has 0 spiro atoms. The molecule has 0 saturated heterocycles. The Kier molecular flexibility index (Phi) is 19.2. The van der Waals surface area contributed by atoms with Gasteiger partial charge >= 0.3 is 29.6 Å². The smallest absolute Gasteiger partial charge is 0.744 e. The zero-order valence-electron chi connectivity index (χ0n) is 24.2. The van der Waals surface area contributed by atoms with Crippen molar-refractivity contribution in [2.24, 2.45) is 0 Å². The van der Waals surface area contributed by atoms with Crippen molar-refractivity contribution < 1.29 is 42.5 Å².